The van der Waals surface area contributed by atoms with E-state index in [-0.39, 0.29) is 11.8 Å². The molecule has 2 N–H and O–H groups in total. The van der Waals surface area contributed by atoms with Crippen molar-refractivity contribution in [2.24, 2.45) is 0 Å². The lowest BCUT2D eigenvalue weighted by molar-refractivity contribution is -0.122. The van der Waals surface area contributed by atoms with Gasteiger partial charge in [-0.3, -0.25) is 14.6 Å². The fourth-order valence-electron chi connectivity index (χ4n) is 2.51. The number of carbonyl (C=O) groups is 2. The summed E-state index contributed by atoms with van der Waals surface area (Å²) in [5.41, 5.74) is 3.80. The van der Waals surface area contributed by atoms with Crippen molar-refractivity contribution in [1.82, 2.24) is 10.3 Å². The van der Waals surface area contributed by atoms with Crippen LogP contribution in [0.15, 0.2) is 42.7 Å². The smallest absolute Gasteiger partial charge is 0.246 e. The third-order valence-corrected chi connectivity index (χ3v) is 3.82. The lowest BCUT2D eigenvalue weighted by Crippen LogP contribution is -2.37. The first-order chi connectivity index (χ1) is 10.6. The van der Waals surface area contributed by atoms with Crippen molar-refractivity contribution < 1.29 is 9.59 Å². The maximum absolute atomic E-state index is 12.2. The van der Waals surface area contributed by atoms with E-state index in [2.05, 4.69) is 15.6 Å². The van der Waals surface area contributed by atoms with Crippen molar-refractivity contribution in [3.8, 4) is 11.1 Å². The zero-order chi connectivity index (χ0) is 15.5. The number of nitrogens with zero attached hydrogens (tertiary/aromatic N) is 1. The largest absolute Gasteiger partial charge is 0.344 e. The van der Waals surface area contributed by atoms with E-state index in [1.807, 2.05) is 37.3 Å². The van der Waals surface area contributed by atoms with Crippen LogP contribution in [0, 0.1) is 6.92 Å². The van der Waals surface area contributed by atoms with E-state index in [1.165, 1.54) is 0 Å². The number of benzene rings is 1. The van der Waals surface area contributed by atoms with Crippen LogP contribution in [0.4, 0.5) is 5.69 Å². The summed E-state index contributed by atoms with van der Waals surface area (Å²) in [6.45, 7) is 1.94. The number of carbonyl (C=O) groups excluding carboxylic acids is 2. The molecule has 1 aliphatic heterocycles. The Balaban J connectivity index is 1.81. The molecule has 0 radical (unpaired) electrons. The average molecular weight is 295 g/mol. The van der Waals surface area contributed by atoms with Gasteiger partial charge in [-0.15, -0.1) is 0 Å². The predicted molar refractivity (Wildman–Crippen MR) is 84.2 cm³/mol. The lowest BCUT2D eigenvalue weighted by Gasteiger charge is -2.14. The van der Waals surface area contributed by atoms with Gasteiger partial charge in [0.1, 0.15) is 6.04 Å². The Morgan fingerprint density at radius 1 is 1.23 bits per heavy atom. The topological polar surface area (TPSA) is 71.1 Å². The second-order valence-corrected chi connectivity index (χ2v) is 5.41. The molecule has 1 aromatic heterocycles. The van der Waals surface area contributed by atoms with E-state index in [9.17, 15) is 9.59 Å². The molecule has 3 rings (SSSR count). The molecule has 1 unspecified atom stereocenters. The summed E-state index contributed by atoms with van der Waals surface area (Å²) < 4.78 is 0. The van der Waals surface area contributed by atoms with Gasteiger partial charge in [-0.05, 0) is 48.2 Å². The molecular formula is C17H17N3O2. The number of amides is 2. The normalized spacial score (nSPS) is 17.1. The second kappa shape index (κ2) is 5.97. The second-order valence-electron chi connectivity index (χ2n) is 5.41. The van der Waals surface area contributed by atoms with Crippen molar-refractivity contribution in [2.45, 2.75) is 25.8 Å². The highest BCUT2D eigenvalue weighted by atomic mass is 16.2. The monoisotopic (exact) mass is 295 g/mol. The van der Waals surface area contributed by atoms with Gasteiger partial charge >= 0.3 is 0 Å². The van der Waals surface area contributed by atoms with Gasteiger partial charge in [-0.25, -0.2) is 0 Å². The van der Waals surface area contributed by atoms with Crippen LogP contribution in [0.25, 0.3) is 11.1 Å². The molecule has 2 amide bonds. The standard InChI is InChI=1S/C17H17N3O2/c1-11-2-3-13(12-6-8-18-9-7-12)10-15(11)20-17(22)14-4-5-16(21)19-14/h2-3,6-10,14H,4-5H2,1H3,(H,19,21)(H,20,22). The van der Waals surface area contributed by atoms with Crippen molar-refractivity contribution in [3.63, 3.8) is 0 Å². The third kappa shape index (κ3) is 2.98. The molecule has 1 aliphatic rings. The van der Waals surface area contributed by atoms with E-state index in [1.54, 1.807) is 12.4 Å². The lowest BCUT2D eigenvalue weighted by atomic mass is 10.0. The minimum Gasteiger partial charge on any atom is -0.344 e. The molecule has 0 aliphatic carbocycles. The Morgan fingerprint density at radius 3 is 2.68 bits per heavy atom. The Hall–Kier alpha value is -2.69. The van der Waals surface area contributed by atoms with Crippen LogP contribution in [0.3, 0.4) is 0 Å². The number of aryl methyl sites for hydroxylation is 1. The van der Waals surface area contributed by atoms with Gasteiger partial charge < -0.3 is 10.6 Å². The molecule has 1 aromatic carbocycles. The van der Waals surface area contributed by atoms with E-state index in [0.717, 1.165) is 22.4 Å². The van der Waals surface area contributed by atoms with Crippen molar-refractivity contribution in [2.75, 3.05) is 5.32 Å². The van der Waals surface area contributed by atoms with Crippen molar-refractivity contribution in [1.29, 1.82) is 0 Å². The first-order valence-electron chi connectivity index (χ1n) is 7.25. The molecular weight excluding hydrogens is 278 g/mol. The molecule has 2 aromatic rings. The molecule has 22 heavy (non-hydrogen) atoms. The zero-order valence-corrected chi connectivity index (χ0v) is 12.3. The highest BCUT2D eigenvalue weighted by molar-refractivity contribution is 5.99. The summed E-state index contributed by atoms with van der Waals surface area (Å²) in [5, 5.41) is 5.59. The van der Waals surface area contributed by atoms with Gasteiger partial charge in [0, 0.05) is 24.5 Å². The Kier molecular flexibility index (Phi) is 3.87. The van der Waals surface area contributed by atoms with Gasteiger partial charge in [0.15, 0.2) is 0 Å². The highest BCUT2D eigenvalue weighted by Gasteiger charge is 2.27. The summed E-state index contributed by atoms with van der Waals surface area (Å²) >= 11 is 0. The van der Waals surface area contributed by atoms with Gasteiger partial charge in [-0.2, -0.15) is 0 Å². The van der Waals surface area contributed by atoms with E-state index < -0.39 is 6.04 Å². The Morgan fingerprint density at radius 2 is 2.00 bits per heavy atom. The molecule has 112 valence electrons. The van der Waals surface area contributed by atoms with Crippen molar-refractivity contribution in [3.05, 3.63) is 48.3 Å². The number of rotatable bonds is 3. The third-order valence-electron chi connectivity index (χ3n) is 3.82. The van der Waals surface area contributed by atoms with Crippen LogP contribution in [-0.4, -0.2) is 22.8 Å². The van der Waals surface area contributed by atoms with Gasteiger partial charge in [0.25, 0.3) is 0 Å². The van der Waals surface area contributed by atoms with Crippen LogP contribution in [-0.2, 0) is 9.59 Å². The van der Waals surface area contributed by atoms with Crippen LogP contribution in [0.2, 0.25) is 0 Å². The SMILES string of the molecule is Cc1ccc(-c2ccncc2)cc1NC(=O)C1CCC(=O)N1. The molecule has 1 fully saturated rings. The molecule has 1 atom stereocenters. The maximum atomic E-state index is 12.2. The van der Waals surface area contributed by atoms with Gasteiger partial charge in [-0.1, -0.05) is 12.1 Å². The Bertz CT molecular complexity index is 713. The van der Waals surface area contributed by atoms with Gasteiger partial charge in [0.2, 0.25) is 11.8 Å². The van der Waals surface area contributed by atoms with Crippen LogP contribution >= 0.6 is 0 Å². The minimum atomic E-state index is -0.434. The molecule has 1 saturated heterocycles. The van der Waals surface area contributed by atoms with E-state index in [4.69, 9.17) is 0 Å². The highest BCUT2D eigenvalue weighted by Crippen LogP contribution is 2.25. The first kappa shape index (κ1) is 14.3. The molecule has 0 spiro atoms. The van der Waals surface area contributed by atoms with Crippen LogP contribution < -0.4 is 10.6 Å². The maximum Gasteiger partial charge on any atom is 0.246 e. The van der Waals surface area contributed by atoms with E-state index in [0.29, 0.717) is 12.8 Å². The summed E-state index contributed by atoms with van der Waals surface area (Å²) in [7, 11) is 0. The summed E-state index contributed by atoms with van der Waals surface area (Å²) in [6, 6.07) is 9.34. The number of pyridine rings is 1. The molecule has 2 heterocycles. The first-order valence-corrected chi connectivity index (χ1v) is 7.25. The average Bonchev–Trinajstić information content (AvgIpc) is 2.97. The predicted octanol–water partition coefficient (Wildman–Crippen LogP) is 2.27. The van der Waals surface area contributed by atoms with Crippen LogP contribution in [0.5, 0.6) is 0 Å². The number of hydrogen-bond acceptors (Lipinski definition) is 3. The number of nitrogens with one attached hydrogen (secondary N) is 2. The molecule has 5 heteroatoms. The van der Waals surface area contributed by atoms with Crippen molar-refractivity contribution >= 4 is 17.5 Å². The zero-order valence-electron chi connectivity index (χ0n) is 12.3. The molecule has 0 bridgehead atoms. The molecule has 0 saturated carbocycles. The quantitative estimate of drug-likeness (QED) is 0.912. The van der Waals surface area contributed by atoms with Crippen LogP contribution in [0.1, 0.15) is 18.4 Å². The fraction of sp³-hybridized carbons (Fsp3) is 0.235. The fourth-order valence-corrected chi connectivity index (χ4v) is 2.51. The van der Waals surface area contributed by atoms with Gasteiger partial charge in [0.05, 0.1) is 0 Å². The number of anilines is 1. The summed E-state index contributed by atoms with van der Waals surface area (Å²) in [6.07, 6.45) is 4.44. The number of aromatic nitrogens is 1. The minimum absolute atomic E-state index is 0.0672. The number of hydrogen-bond donors (Lipinski definition) is 2. The Labute approximate surface area is 128 Å². The summed E-state index contributed by atoms with van der Waals surface area (Å²) in [4.78, 5) is 27.5. The molecule has 5 nitrogen and oxygen atoms in total. The van der Waals surface area contributed by atoms with E-state index >= 15 is 0 Å². The summed E-state index contributed by atoms with van der Waals surface area (Å²) in [5.74, 6) is -0.233.